The fourth-order valence-corrected chi connectivity index (χ4v) is 2.22. The van der Waals surface area contributed by atoms with Gasteiger partial charge in [-0.3, -0.25) is 9.59 Å². The molecule has 0 fully saturated rings. The first kappa shape index (κ1) is 17.0. The van der Waals surface area contributed by atoms with Gasteiger partial charge in [-0.05, 0) is 46.5 Å². The minimum atomic E-state index is -0.896. The van der Waals surface area contributed by atoms with Gasteiger partial charge in [0, 0.05) is 16.6 Å². The highest BCUT2D eigenvalue weighted by Gasteiger charge is 2.20. The number of nitrogens with one attached hydrogen (secondary N) is 1. The molecule has 0 radical (unpaired) electrons. The summed E-state index contributed by atoms with van der Waals surface area (Å²) in [6, 6.07) is 4.85. The topological polar surface area (TPSA) is 66.4 Å². The van der Waals surface area contributed by atoms with Gasteiger partial charge in [-0.1, -0.05) is 25.4 Å². The van der Waals surface area contributed by atoms with Gasteiger partial charge in [-0.25, -0.2) is 0 Å². The molecule has 0 bridgehead atoms. The minimum Gasteiger partial charge on any atom is -0.481 e. The van der Waals surface area contributed by atoms with Crippen molar-refractivity contribution < 1.29 is 14.7 Å². The molecule has 0 aliphatic carbocycles. The van der Waals surface area contributed by atoms with Gasteiger partial charge in [0.25, 0.3) is 5.91 Å². The number of halogens is 2. The Hall–Kier alpha value is -1.07. The van der Waals surface area contributed by atoms with E-state index in [1.165, 1.54) is 0 Å². The molecule has 0 aliphatic rings. The average molecular weight is 363 g/mol. The number of rotatable bonds is 6. The van der Waals surface area contributed by atoms with Crippen molar-refractivity contribution in [2.45, 2.75) is 20.3 Å². The van der Waals surface area contributed by atoms with Crippen LogP contribution >= 0.6 is 27.5 Å². The Morgan fingerprint density at radius 3 is 2.55 bits per heavy atom. The molecule has 1 amide bonds. The van der Waals surface area contributed by atoms with Gasteiger partial charge in [0.2, 0.25) is 0 Å². The van der Waals surface area contributed by atoms with Gasteiger partial charge in [-0.2, -0.15) is 0 Å². The smallest absolute Gasteiger partial charge is 0.308 e. The second kappa shape index (κ2) is 7.64. The van der Waals surface area contributed by atoms with Crippen LogP contribution in [0.4, 0.5) is 0 Å². The Kier molecular flexibility index (Phi) is 6.49. The van der Waals surface area contributed by atoms with Crippen molar-refractivity contribution in [3.63, 3.8) is 0 Å². The Morgan fingerprint density at radius 1 is 1.40 bits per heavy atom. The van der Waals surface area contributed by atoms with E-state index in [1.54, 1.807) is 18.2 Å². The van der Waals surface area contributed by atoms with E-state index in [9.17, 15) is 9.59 Å². The van der Waals surface area contributed by atoms with Gasteiger partial charge in [-0.15, -0.1) is 0 Å². The fourth-order valence-electron chi connectivity index (χ4n) is 1.80. The second-order valence-corrected chi connectivity index (χ2v) is 6.27. The van der Waals surface area contributed by atoms with E-state index >= 15 is 0 Å². The zero-order valence-corrected chi connectivity index (χ0v) is 13.7. The molecular weight excluding hydrogens is 346 g/mol. The van der Waals surface area contributed by atoms with Crippen LogP contribution in [0.2, 0.25) is 5.02 Å². The van der Waals surface area contributed by atoms with Crippen LogP contribution in [0.1, 0.15) is 30.6 Å². The first-order valence-corrected chi connectivity index (χ1v) is 7.44. The van der Waals surface area contributed by atoms with Gasteiger partial charge in [0.1, 0.15) is 0 Å². The summed E-state index contributed by atoms with van der Waals surface area (Å²) in [7, 11) is 0. The van der Waals surface area contributed by atoms with Crippen molar-refractivity contribution in [1.82, 2.24) is 5.32 Å². The largest absolute Gasteiger partial charge is 0.481 e. The third kappa shape index (κ3) is 5.13. The predicted molar refractivity (Wildman–Crippen MR) is 82.1 cm³/mol. The number of aliphatic carboxylic acids is 1. The molecular formula is C14H17BrClNO3. The van der Waals surface area contributed by atoms with Crippen LogP contribution in [0, 0.1) is 11.8 Å². The van der Waals surface area contributed by atoms with Crippen molar-refractivity contribution in [2.24, 2.45) is 11.8 Å². The molecule has 1 atom stereocenters. The lowest BCUT2D eigenvalue weighted by Gasteiger charge is -2.15. The number of benzene rings is 1. The summed E-state index contributed by atoms with van der Waals surface area (Å²) in [6.45, 7) is 4.01. The first-order chi connectivity index (χ1) is 9.31. The minimum absolute atomic E-state index is 0.111. The SMILES string of the molecule is CC(C)CC(CNC(=O)c1ccc(Br)c(Cl)c1)C(=O)O. The van der Waals surface area contributed by atoms with Gasteiger partial charge in [0.05, 0.1) is 10.9 Å². The summed E-state index contributed by atoms with van der Waals surface area (Å²) in [6.07, 6.45) is 0.525. The molecule has 0 saturated heterocycles. The van der Waals surface area contributed by atoms with Gasteiger partial charge >= 0.3 is 5.97 Å². The summed E-state index contributed by atoms with van der Waals surface area (Å²) in [5.41, 5.74) is 0.409. The van der Waals surface area contributed by atoms with Crippen LogP contribution in [0.3, 0.4) is 0 Å². The Labute approximate surface area is 131 Å². The zero-order chi connectivity index (χ0) is 15.3. The maximum Gasteiger partial charge on any atom is 0.308 e. The molecule has 0 aromatic heterocycles. The van der Waals surface area contributed by atoms with Crippen LogP contribution < -0.4 is 5.32 Å². The number of hydrogen-bond donors (Lipinski definition) is 2. The van der Waals surface area contributed by atoms with E-state index in [0.717, 1.165) is 0 Å². The van der Waals surface area contributed by atoms with E-state index in [1.807, 2.05) is 13.8 Å². The molecule has 2 N–H and O–H groups in total. The fraction of sp³-hybridized carbons (Fsp3) is 0.429. The lowest BCUT2D eigenvalue weighted by molar-refractivity contribution is -0.142. The number of hydrogen-bond acceptors (Lipinski definition) is 2. The zero-order valence-electron chi connectivity index (χ0n) is 11.3. The van der Waals surface area contributed by atoms with Gasteiger partial charge in [0.15, 0.2) is 0 Å². The molecule has 0 heterocycles. The lowest BCUT2D eigenvalue weighted by Crippen LogP contribution is -2.33. The summed E-state index contributed by atoms with van der Waals surface area (Å²) in [5.74, 6) is -1.54. The van der Waals surface area contributed by atoms with Crippen LogP contribution in [-0.4, -0.2) is 23.5 Å². The molecule has 1 unspecified atom stereocenters. The summed E-state index contributed by atoms with van der Waals surface area (Å²) >= 11 is 9.16. The van der Waals surface area contributed by atoms with Crippen LogP contribution in [0.25, 0.3) is 0 Å². The molecule has 20 heavy (non-hydrogen) atoms. The van der Waals surface area contributed by atoms with Crippen molar-refractivity contribution in [3.8, 4) is 0 Å². The summed E-state index contributed by atoms with van der Waals surface area (Å²) in [5, 5.41) is 12.2. The monoisotopic (exact) mass is 361 g/mol. The summed E-state index contributed by atoms with van der Waals surface area (Å²) < 4.78 is 0.707. The maximum absolute atomic E-state index is 11.9. The Morgan fingerprint density at radius 2 is 2.05 bits per heavy atom. The third-order valence-electron chi connectivity index (χ3n) is 2.80. The summed E-state index contributed by atoms with van der Waals surface area (Å²) in [4.78, 5) is 23.0. The highest BCUT2D eigenvalue weighted by atomic mass is 79.9. The van der Waals surface area contributed by atoms with E-state index in [-0.39, 0.29) is 18.4 Å². The Balaban J connectivity index is 2.65. The second-order valence-electron chi connectivity index (χ2n) is 5.00. The van der Waals surface area contributed by atoms with E-state index in [4.69, 9.17) is 16.7 Å². The molecule has 0 aliphatic heterocycles. The normalized spacial score (nSPS) is 12.2. The van der Waals surface area contributed by atoms with Crippen molar-refractivity contribution in [1.29, 1.82) is 0 Å². The Bertz CT molecular complexity index is 505. The highest BCUT2D eigenvalue weighted by Crippen LogP contribution is 2.23. The quantitative estimate of drug-likeness (QED) is 0.813. The molecule has 1 rings (SSSR count). The molecule has 4 nitrogen and oxygen atoms in total. The van der Waals surface area contributed by atoms with E-state index in [0.29, 0.717) is 21.5 Å². The van der Waals surface area contributed by atoms with Crippen molar-refractivity contribution >= 4 is 39.4 Å². The third-order valence-corrected chi connectivity index (χ3v) is 4.03. The van der Waals surface area contributed by atoms with E-state index < -0.39 is 11.9 Å². The van der Waals surface area contributed by atoms with Crippen LogP contribution in [0.15, 0.2) is 22.7 Å². The lowest BCUT2D eigenvalue weighted by atomic mass is 9.97. The average Bonchev–Trinajstić information content (AvgIpc) is 2.36. The van der Waals surface area contributed by atoms with Crippen molar-refractivity contribution in [3.05, 3.63) is 33.3 Å². The van der Waals surface area contributed by atoms with Crippen molar-refractivity contribution in [2.75, 3.05) is 6.54 Å². The molecule has 1 aromatic rings. The molecule has 1 aromatic carbocycles. The maximum atomic E-state index is 11.9. The molecule has 6 heteroatoms. The van der Waals surface area contributed by atoms with Gasteiger partial charge < -0.3 is 10.4 Å². The predicted octanol–water partition coefficient (Wildman–Crippen LogP) is 3.58. The van der Waals surface area contributed by atoms with Crippen LogP contribution in [-0.2, 0) is 4.79 Å². The number of carboxylic acids is 1. The number of carboxylic acid groups (broad SMARTS) is 1. The molecule has 0 spiro atoms. The molecule has 0 saturated carbocycles. The number of carbonyl (C=O) groups is 2. The molecule has 110 valence electrons. The number of amides is 1. The number of carbonyl (C=O) groups excluding carboxylic acids is 1. The standard InChI is InChI=1S/C14H17BrClNO3/c1-8(2)5-10(14(19)20)7-17-13(18)9-3-4-11(15)12(16)6-9/h3-4,6,8,10H,5,7H2,1-2H3,(H,17,18)(H,19,20). The van der Waals surface area contributed by atoms with E-state index in [2.05, 4.69) is 21.2 Å². The highest BCUT2D eigenvalue weighted by molar-refractivity contribution is 9.10. The first-order valence-electron chi connectivity index (χ1n) is 6.27. The van der Waals surface area contributed by atoms with Crippen LogP contribution in [0.5, 0.6) is 0 Å².